The highest BCUT2D eigenvalue weighted by molar-refractivity contribution is 9.10. The van der Waals surface area contributed by atoms with Crippen LogP contribution >= 0.6 is 27.3 Å². The topological polar surface area (TPSA) is 26.3 Å². The fraction of sp³-hybridized carbons (Fsp3) is 0.154. The van der Waals surface area contributed by atoms with Crippen molar-refractivity contribution >= 4 is 33.0 Å². The van der Waals surface area contributed by atoms with Crippen LogP contribution in [0.4, 0.5) is 0 Å². The van der Waals surface area contributed by atoms with Gasteiger partial charge in [0.1, 0.15) is 5.75 Å². The van der Waals surface area contributed by atoms with Crippen LogP contribution in [0.2, 0.25) is 0 Å². The van der Waals surface area contributed by atoms with Crippen LogP contribution in [0.5, 0.6) is 5.75 Å². The van der Waals surface area contributed by atoms with Gasteiger partial charge >= 0.3 is 0 Å². The first-order valence-electron chi connectivity index (χ1n) is 5.09. The quantitative estimate of drug-likeness (QED) is 0.799. The molecule has 0 unspecified atom stereocenters. The van der Waals surface area contributed by atoms with E-state index in [0.29, 0.717) is 6.42 Å². The Morgan fingerprint density at radius 3 is 2.88 bits per heavy atom. The smallest absolute Gasteiger partial charge is 0.177 e. The highest BCUT2D eigenvalue weighted by Crippen LogP contribution is 2.22. The third-order valence-corrected chi connectivity index (χ3v) is 4.07. The number of ketones is 1. The zero-order valence-electron chi connectivity index (χ0n) is 9.27. The molecule has 0 saturated carbocycles. The molecule has 0 amide bonds. The highest BCUT2D eigenvalue weighted by Gasteiger charge is 2.09. The van der Waals surface area contributed by atoms with Gasteiger partial charge in [0.15, 0.2) is 5.78 Å². The van der Waals surface area contributed by atoms with E-state index in [4.69, 9.17) is 4.74 Å². The predicted molar refractivity (Wildman–Crippen MR) is 73.0 cm³/mol. The number of thiophene rings is 1. The summed E-state index contributed by atoms with van der Waals surface area (Å²) >= 11 is 4.81. The molecule has 1 aromatic carbocycles. The van der Waals surface area contributed by atoms with E-state index in [1.807, 2.05) is 35.7 Å². The zero-order valence-corrected chi connectivity index (χ0v) is 11.7. The highest BCUT2D eigenvalue weighted by atomic mass is 79.9. The average Bonchev–Trinajstić information content (AvgIpc) is 2.76. The summed E-state index contributed by atoms with van der Waals surface area (Å²) in [6.07, 6.45) is 0.407. The lowest BCUT2D eigenvalue weighted by atomic mass is 10.1. The van der Waals surface area contributed by atoms with Crippen molar-refractivity contribution in [2.45, 2.75) is 6.42 Å². The first-order chi connectivity index (χ1) is 8.19. The van der Waals surface area contributed by atoms with Gasteiger partial charge in [0.2, 0.25) is 0 Å². The molecule has 0 aliphatic rings. The maximum Gasteiger partial charge on any atom is 0.177 e. The molecule has 4 heteroatoms. The molecule has 17 heavy (non-hydrogen) atoms. The van der Waals surface area contributed by atoms with Crippen molar-refractivity contribution in [1.82, 2.24) is 0 Å². The number of benzene rings is 1. The Balaban J connectivity index is 2.12. The molecule has 88 valence electrons. The van der Waals surface area contributed by atoms with Crippen molar-refractivity contribution in [2.24, 2.45) is 0 Å². The van der Waals surface area contributed by atoms with Gasteiger partial charge in [-0.25, -0.2) is 0 Å². The summed E-state index contributed by atoms with van der Waals surface area (Å²) in [6.45, 7) is 0. The lowest BCUT2D eigenvalue weighted by molar-refractivity contribution is 0.0997. The van der Waals surface area contributed by atoms with Gasteiger partial charge in [-0.3, -0.25) is 4.79 Å². The fourth-order valence-electron chi connectivity index (χ4n) is 1.51. The van der Waals surface area contributed by atoms with Gasteiger partial charge in [-0.15, -0.1) is 11.3 Å². The summed E-state index contributed by atoms with van der Waals surface area (Å²) in [5, 5.41) is 1.92. The molecule has 2 rings (SSSR count). The van der Waals surface area contributed by atoms with Crippen LogP contribution in [-0.4, -0.2) is 12.9 Å². The Kier molecular flexibility index (Phi) is 3.97. The summed E-state index contributed by atoms with van der Waals surface area (Å²) in [4.78, 5) is 12.8. The van der Waals surface area contributed by atoms with Crippen LogP contribution in [0.1, 0.15) is 15.2 Å². The van der Waals surface area contributed by atoms with E-state index in [1.54, 1.807) is 7.11 Å². The largest absolute Gasteiger partial charge is 0.497 e. The van der Waals surface area contributed by atoms with E-state index in [-0.39, 0.29) is 5.78 Å². The Bertz CT molecular complexity index is 534. The van der Waals surface area contributed by atoms with Crippen molar-refractivity contribution in [3.8, 4) is 5.75 Å². The Morgan fingerprint density at radius 1 is 1.41 bits per heavy atom. The number of carbonyl (C=O) groups is 1. The number of hydrogen-bond acceptors (Lipinski definition) is 3. The fourth-order valence-corrected chi connectivity index (χ4v) is 2.88. The lowest BCUT2D eigenvalue weighted by Crippen LogP contribution is -2.01. The third-order valence-electron chi connectivity index (χ3n) is 2.34. The summed E-state index contributed by atoms with van der Waals surface area (Å²) in [5.41, 5.74) is 0.971. The minimum absolute atomic E-state index is 0.133. The van der Waals surface area contributed by atoms with E-state index in [2.05, 4.69) is 15.9 Å². The van der Waals surface area contributed by atoms with Crippen LogP contribution < -0.4 is 4.74 Å². The normalized spacial score (nSPS) is 10.2. The molecule has 0 radical (unpaired) electrons. The van der Waals surface area contributed by atoms with Crippen molar-refractivity contribution in [3.63, 3.8) is 0 Å². The Morgan fingerprint density at radius 2 is 2.24 bits per heavy atom. The third kappa shape index (κ3) is 3.17. The number of Topliss-reactive ketones (excluding diaryl/α,β-unsaturated/α-hetero) is 1. The van der Waals surface area contributed by atoms with Gasteiger partial charge in [-0.05, 0) is 39.7 Å². The minimum Gasteiger partial charge on any atom is -0.497 e. The van der Waals surface area contributed by atoms with Gasteiger partial charge < -0.3 is 4.74 Å². The lowest BCUT2D eigenvalue weighted by Gasteiger charge is -2.02. The SMILES string of the molecule is COc1cccc(CC(=O)c2cc(Br)cs2)c1. The van der Waals surface area contributed by atoms with E-state index in [0.717, 1.165) is 20.7 Å². The average molecular weight is 311 g/mol. The van der Waals surface area contributed by atoms with Crippen molar-refractivity contribution in [1.29, 1.82) is 0 Å². The number of hydrogen-bond donors (Lipinski definition) is 0. The second-order valence-electron chi connectivity index (χ2n) is 3.58. The van der Waals surface area contributed by atoms with Gasteiger partial charge in [-0.2, -0.15) is 0 Å². The van der Waals surface area contributed by atoms with Gasteiger partial charge in [0, 0.05) is 16.3 Å². The van der Waals surface area contributed by atoms with Gasteiger partial charge in [0.25, 0.3) is 0 Å². The molecular weight excluding hydrogens is 300 g/mol. The number of ether oxygens (including phenoxy) is 1. The molecule has 2 aromatic rings. The molecule has 1 aromatic heterocycles. The Hall–Kier alpha value is -1.13. The van der Waals surface area contributed by atoms with Crippen LogP contribution in [0, 0.1) is 0 Å². The minimum atomic E-state index is 0.133. The van der Waals surface area contributed by atoms with Gasteiger partial charge in [0.05, 0.1) is 12.0 Å². The summed E-state index contributed by atoms with van der Waals surface area (Å²) in [6, 6.07) is 9.44. The maximum atomic E-state index is 12.0. The zero-order chi connectivity index (χ0) is 12.3. The number of carbonyl (C=O) groups excluding carboxylic acids is 1. The predicted octanol–water partition coefficient (Wildman–Crippen LogP) is 3.94. The molecule has 0 aliphatic heterocycles. The summed E-state index contributed by atoms with van der Waals surface area (Å²) in [5.74, 6) is 0.914. The summed E-state index contributed by atoms with van der Waals surface area (Å²) < 4.78 is 6.09. The van der Waals surface area contributed by atoms with Crippen LogP contribution in [0.25, 0.3) is 0 Å². The first-order valence-corrected chi connectivity index (χ1v) is 6.76. The molecule has 0 spiro atoms. The molecule has 0 aliphatic carbocycles. The molecule has 0 bridgehead atoms. The van der Waals surface area contributed by atoms with Crippen molar-refractivity contribution in [3.05, 3.63) is 50.6 Å². The second kappa shape index (κ2) is 5.47. The van der Waals surface area contributed by atoms with Crippen LogP contribution in [-0.2, 0) is 6.42 Å². The van der Waals surface area contributed by atoms with Crippen molar-refractivity contribution in [2.75, 3.05) is 7.11 Å². The number of methoxy groups -OCH3 is 1. The number of halogens is 1. The molecule has 1 heterocycles. The van der Waals surface area contributed by atoms with E-state index >= 15 is 0 Å². The summed E-state index contributed by atoms with van der Waals surface area (Å²) in [7, 11) is 1.62. The molecular formula is C13H11BrO2S. The maximum absolute atomic E-state index is 12.0. The van der Waals surface area contributed by atoms with E-state index < -0.39 is 0 Å². The van der Waals surface area contributed by atoms with Gasteiger partial charge in [-0.1, -0.05) is 12.1 Å². The van der Waals surface area contributed by atoms with Crippen molar-refractivity contribution < 1.29 is 9.53 Å². The molecule has 0 fully saturated rings. The molecule has 0 N–H and O–H groups in total. The standard InChI is InChI=1S/C13H11BrO2S/c1-16-11-4-2-3-9(5-11)6-12(15)13-7-10(14)8-17-13/h2-5,7-8H,6H2,1H3. The van der Waals surface area contributed by atoms with E-state index in [1.165, 1.54) is 11.3 Å². The monoisotopic (exact) mass is 310 g/mol. The molecule has 0 saturated heterocycles. The van der Waals surface area contributed by atoms with Crippen LogP contribution in [0.3, 0.4) is 0 Å². The van der Waals surface area contributed by atoms with E-state index in [9.17, 15) is 4.79 Å². The Labute approximate surface area is 112 Å². The number of rotatable bonds is 4. The second-order valence-corrected chi connectivity index (χ2v) is 5.41. The molecule has 2 nitrogen and oxygen atoms in total. The molecule has 0 atom stereocenters. The van der Waals surface area contributed by atoms with Crippen LogP contribution in [0.15, 0.2) is 40.2 Å². The first kappa shape index (κ1) is 12.3.